The van der Waals surface area contributed by atoms with Crippen LogP contribution in [0.4, 0.5) is 0 Å². The Balaban J connectivity index is 2.30. The smallest absolute Gasteiger partial charge is 0.264 e. The van der Waals surface area contributed by atoms with E-state index in [0.29, 0.717) is 28.7 Å². The maximum atomic E-state index is 12.0. The molecule has 2 aromatic rings. The predicted octanol–water partition coefficient (Wildman–Crippen LogP) is 4.53. The van der Waals surface area contributed by atoms with Crippen molar-refractivity contribution in [3.63, 3.8) is 0 Å². The van der Waals surface area contributed by atoms with Crippen LogP contribution in [0.15, 0.2) is 42.0 Å². The van der Waals surface area contributed by atoms with Gasteiger partial charge in [-0.25, -0.2) is 0 Å². The number of ether oxygens (including phenoxy) is 2. The summed E-state index contributed by atoms with van der Waals surface area (Å²) in [5.74, 6) is 0.452. The van der Waals surface area contributed by atoms with Crippen LogP contribution in [0.3, 0.4) is 0 Å². The molecule has 0 bridgehead atoms. The molecule has 0 unspecified atom stereocenters. The molecule has 5 nitrogen and oxygen atoms in total. The summed E-state index contributed by atoms with van der Waals surface area (Å²) in [6.45, 7) is 0.338. The minimum Gasteiger partial charge on any atom is -0.493 e. The molecule has 0 heterocycles. The fourth-order valence-corrected chi connectivity index (χ4v) is 2.88. The lowest BCUT2D eigenvalue weighted by Crippen LogP contribution is -2.22. The zero-order chi connectivity index (χ0) is 20.0. The van der Waals surface area contributed by atoms with E-state index in [9.17, 15) is 10.1 Å². The molecule has 1 amide bonds. The molecule has 0 aliphatic heterocycles. The third-order valence-electron chi connectivity index (χ3n) is 3.62. The largest absolute Gasteiger partial charge is 0.493 e. The summed E-state index contributed by atoms with van der Waals surface area (Å²) in [5, 5.41) is 9.57. The van der Waals surface area contributed by atoms with E-state index >= 15 is 0 Å². The Hall–Kier alpha value is -2.24. The number of carbonyl (C=O) groups is 1. The Kier molecular flexibility index (Phi) is 7.51. The van der Waals surface area contributed by atoms with Crippen molar-refractivity contribution in [2.75, 3.05) is 21.2 Å². The number of nitrogens with zero attached hydrogens (tertiary/aromatic N) is 2. The van der Waals surface area contributed by atoms with Gasteiger partial charge >= 0.3 is 0 Å². The molecule has 27 heavy (non-hydrogen) atoms. The minimum atomic E-state index is -0.383. The predicted molar refractivity (Wildman–Crippen MR) is 114 cm³/mol. The number of rotatable bonds is 6. The van der Waals surface area contributed by atoms with Crippen LogP contribution < -0.4 is 9.47 Å². The van der Waals surface area contributed by atoms with Gasteiger partial charge in [0.05, 0.1) is 12.1 Å². The average Bonchev–Trinajstić information content (AvgIpc) is 2.65. The third-order valence-corrected chi connectivity index (χ3v) is 4.62. The SMILES string of the molecule is COc1cc(/C=C(/C#N)C(=O)N(C)C)cc(Cl)c1OCc1ccc(I)cc1. The van der Waals surface area contributed by atoms with Crippen LogP contribution in [-0.2, 0) is 11.4 Å². The zero-order valence-corrected chi connectivity index (χ0v) is 18.0. The van der Waals surface area contributed by atoms with Gasteiger partial charge in [-0.2, -0.15) is 5.26 Å². The van der Waals surface area contributed by atoms with E-state index in [4.69, 9.17) is 21.1 Å². The number of benzene rings is 2. The van der Waals surface area contributed by atoms with Crippen LogP contribution in [-0.4, -0.2) is 32.0 Å². The normalized spacial score (nSPS) is 10.9. The Morgan fingerprint density at radius 1 is 1.30 bits per heavy atom. The Morgan fingerprint density at radius 3 is 2.52 bits per heavy atom. The van der Waals surface area contributed by atoms with E-state index in [1.807, 2.05) is 30.3 Å². The monoisotopic (exact) mass is 496 g/mol. The minimum absolute atomic E-state index is 0.00526. The number of likely N-dealkylation sites (N-methyl/N-ethyl adjacent to an activating group) is 1. The second kappa shape index (κ2) is 9.62. The van der Waals surface area contributed by atoms with Gasteiger partial charge in [0.25, 0.3) is 5.91 Å². The maximum absolute atomic E-state index is 12.0. The number of hydrogen-bond donors (Lipinski definition) is 0. The van der Waals surface area contributed by atoms with E-state index in [2.05, 4.69) is 22.6 Å². The summed E-state index contributed by atoms with van der Waals surface area (Å²) in [6, 6.07) is 13.2. The molecule has 0 radical (unpaired) electrons. The third kappa shape index (κ3) is 5.62. The zero-order valence-electron chi connectivity index (χ0n) is 15.1. The molecule has 0 saturated carbocycles. The molecule has 2 aromatic carbocycles. The standard InChI is InChI=1S/C20H18ClIN2O3/c1-24(2)20(25)15(11-23)8-14-9-17(21)19(18(10-14)26-3)27-12-13-4-6-16(22)7-5-13/h4-10H,12H2,1-3H3/b15-8-. The Labute approximate surface area is 177 Å². The molecular formula is C20H18ClIN2O3. The van der Waals surface area contributed by atoms with Crippen LogP contribution in [0, 0.1) is 14.9 Å². The summed E-state index contributed by atoms with van der Waals surface area (Å²) in [7, 11) is 4.68. The average molecular weight is 497 g/mol. The van der Waals surface area contributed by atoms with Crippen molar-refractivity contribution >= 4 is 46.2 Å². The molecule has 140 valence electrons. The maximum Gasteiger partial charge on any atom is 0.264 e. The van der Waals surface area contributed by atoms with E-state index in [0.717, 1.165) is 9.13 Å². The number of halogens is 2. The number of carbonyl (C=O) groups excluding carboxylic acids is 1. The van der Waals surface area contributed by atoms with Crippen molar-refractivity contribution in [2.45, 2.75) is 6.61 Å². The quantitative estimate of drug-likeness (QED) is 0.335. The van der Waals surface area contributed by atoms with E-state index in [1.165, 1.54) is 18.1 Å². The number of amides is 1. The molecule has 0 fully saturated rings. The first-order valence-electron chi connectivity index (χ1n) is 7.94. The van der Waals surface area contributed by atoms with Crippen LogP contribution in [0.25, 0.3) is 6.08 Å². The topological polar surface area (TPSA) is 62.6 Å². The highest BCUT2D eigenvalue weighted by Gasteiger charge is 2.15. The van der Waals surface area contributed by atoms with Crippen molar-refractivity contribution in [3.8, 4) is 17.6 Å². The van der Waals surface area contributed by atoms with Crippen LogP contribution in [0.2, 0.25) is 5.02 Å². The van der Waals surface area contributed by atoms with Gasteiger partial charge in [-0.1, -0.05) is 23.7 Å². The van der Waals surface area contributed by atoms with Gasteiger partial charge in [-0.05, 0) is 64.1 Å². The first-order valence-corrected chi connectivity index (χ1v) is 9.39. The number of hydrogen-bond acceptors (Lipinski definition) is 4. The Morgan fingerprint density at radius 2 is 1.96 bits per heavy atom. The summed E-state index contributed by atoms with van der Waals surface area (Å²) in [6.07, 6.45) is 1.47. The van der Waals surface area contributed by atoms with E-state index in [-0.39, 0.29) is 11.5 Å². The molecule has 7 heteroatoms. The van der Waals surface area contributed by atoms with Gasteiger partial charge in [-0.3, -0.25) is 4.79 Å². The van der Waals surface area contributed by atoms with Crippen LogP contribution >= 0.6 is 34.2 Å². The molecule has 0 aliphatic carbocycles. The van der Waals surface area contributed by atoms with Crippen molar-refractivity contribution in [1.82, 2.24) is 4.90 Å². The first-order chi connectivity index (χ1) is 12.8. The molecule has 0 atom stereocenters. The summed E-state index contributed by atoms with van der Waals surface area (Å²) in [4.78, 5) is 13.4. The van der Waals surface area contributed by atoms with Crippen molar-refractivity contribution < 1.29 is 14.3 Å². The molecule has 0 aliphatic rings. The van der Waals surface area contributed by atoms with Gasteiger partial charge in [0, 0.05) is 17.7 Å². The van der Waals surface area contributed by atoms with Crippen LogP contribution in [0.1, 0.15) is 11.1 Å². The lowest BCUT2D eigenvalue weighted by atomic mass is 10.1. The molecule has 2 rings (SSSR count). The molecule has 0 aromatic heterocycles. The van der Waals surface area contributed by atoms with Crippen LogP contribution in [0.5, 0.6) is 11.5 Å². The lowest BCUT2D eigenvalue weighted by molar-refractivity contribution is -0.124. The van der Waals surface area contributed by atoms with Gasteiger partial charge in [0.1, 0.15) is 18.2 Å². The molecule has 0 N–H and O–H groups in total. The second-order valence-corrected chi connectivity index (χ2v) is 7.47. The highest BCUT2D eigenvalue weighted by molar-refractivity contribution is 14.1. The fourth-order valence-electron chi connectivity index (χ4n) is 2.25. The number of methoxy groups -OCH3 is 1. The highest BCUT2D eigenvalue weighted by Crippen LogP contribution is 2.37. The lowest BCUT2D eigenvalue weighted by Gasteiger charge is -2.14. The molecular weight excluding hydrogens is 479 g/mol. The summed E-state index contributed by atoms with van der Waals surface area (Å²) >= 11 is 8.60. The van der Waals surface area contributed by atoms with E-state index in [1.54, 1.807) is 26.2 Å². The van der Waals surface area contributed by atoms with Gasteiger partial charge in [-0.15, -0.1) is 0 Å². The number of nitriles is 1. The Bertz CT molecular complexity index is 903. The summed E-state index contributed by atoms with van der Waals surface area (Å²) < 4.78 is 12.4. The van der Waals surface area contributed by atoms with Gasteiger partial charge in [0.15, 0.2) is 11.5 Å². The molecule has 0 saturated heterocycles. The summed E-state index contributed by atoms with van der Waals surface area (Å²) in [5.41, 5.74) is 1.58. The van der Waals surface area contributed by atoms with Gasteiger partial charge < -0.3 is 14.4 Å². The van der Waals surface area contributed by atoms with Crippen molar-refractivity contribution in [2.24, 2.45) is 0 Å². The second-order valence-electron chi connectivity index (χ2n) is 5.82. The first kappa shape index (κ1) is 21.1. The highest BCUT2D eigenvalue weighted by atomic mass is 127. The molecule has 0 spiro atoms. The fraction of sp³-hybridized carbons (Fsp3) is 0.200. The van der Waals surface area contributed by atoms with Crippen molar-refractivity contribution in [3.05, 3.63) is 61.7 Å². The van der Waals surface area contributed by atoms with Crippen molar-refractivity contribution in [1.29, 1.82) is 5.26 Å². The van der Waals surface area contributed by atoms with Gasteiger partial charge in [0.2, 0.25) is 0 Å². The van der Waals surface area contributed by atoms with E-state index < -0.39 is 0 Å².